The summed E-state index contributed by atoms with van der Waals surface area (Å²) < 4.78 is 1.32. The fraction of sp³-hybridized carbons (Fsp3) is 0.280. The summed E-state index contributed by atoms with van der Waals surface area (Å²) in [4.78, 5) is 30.6. The second-order valence-electron chi connectivity index (χ2n) is 8.16. The summed E-state index contributed by atoms with van der Waals surface area (Å²) in [6.07, 6.45) is 1.60. The standard InChI is InChI=1S/C25H30ClN7O2/c1-3-19(4-2)31-24-25(35)33(21(22(26)32-24)17-6-5-7-18(27)12-17)14-20(34)30-13-15-8-10-16(11-9-15)23(28)29/h5-12,19H,3-4,13-14,27H2,1-2H3,(H3,28,29)(H,30,34)(H,31,32). The molecule has 0 fully saturated rings. The SMILES string of the molecule is CCC(CC)Nc1nc(Cl)c(-c2cccc(N)c2)n(CC(=O)NCc2ccc(C(=N)N)cc2)c1=O. The summed E-state index contributed by atoms with van der Waals surface area (Å²) in [6.45, 7) is 4.02. The number of aromatic nitrogens is 2. The van der Waals surface area contributed by atoms with E-state index in [-0.39, 0.29) is 41.8 Å². The van der Waals surface area contributed by atoms with Gasteiger partial charge in [-0.3, -0.25) is 19.6 Å². The number of nitrogen functional groups attached to an aromatic ring is 2. The van der Waals surface area contributed by atoms with E-state index < -0.39 is 5.56 Å². The minimum Gasteiger partial charge on any atom is -0.399 e. The fourth-order valence-electron chi connectivity index (χ4n) is 3.63. The van der Waals surface area contributed by atoms with Crippen LogP contribution in [0.25, 0.3) is 11.3 Å². The highest BCUT2D eigenvalue weighted by molar-refractivity contribution is 6.32. The molecule has 0 aliphatic rings. The third-order valence-electron chi connectivity index (χ3n) is 5.67. The van der Waals surface area contributed by atoms with Crippen molar-refractivity contribution in [2.45, 2.75) is 45.8 Å². The number of nitrogens with two attached hydrogens (primary N) is 2. The lowest BCUT2D eigenvalue weighted by molar-refractivity contribution is -0.121. The highest BCUT2D eigenvalue weighted by Gasteiger charge is 2.20. The van der Waals surface area contributed by atoms with Crippen LogP contribution in [0.3, 0.4) is 0 Å². The Bertz CT molecular complexity index is 1270. The van der Waals surface area contributed by atoms with Gasteiger partial charge in [-0.05, 0) is 30.5 Å². The number of rotatable bonds is 10. The Morgan fingerprint density at radius 3 is 2.46 bits per heavy atom. The zero-order valence-corrected chi connectivity index (χ0v) is 20.5. The van der Waals surface area contributed by atoms with Gasteiger partial charge in [-0.15, -0.1) is 0 Å². The largest absolute Gasteiger partial charge is 0.399 e. The van der Waals surface area contributed by atoms with E-state index in [0.29, 0.717) is 22.5 Å². The van der Waals surface area contributed by atoms with Gasteiger partial charge in [-0.25, -0.2) is 4.98 Å². The Labute approximate surface area is 209 Å². The maximum absolute atomic E-state index is 13.4. The molecule has 3 aromatic rings. The Kier molecular flexibility index (Phi) is 8.48. The van der Waals surface area contributed by atoms with Crippen molar-refractivity contribution in [3.05, 3.63) is 75.2 Å². The first-order valence-corrected chi connectivity index (χ1v) is 11.7. The van der Waals surface area contributed by atoms with Crippen molar-refractivity contribution in [1.82, 2.24) is 14.9 Å². The lowest BCUT2D eigenvalue weighted by atomic mass is 10.1. The predicted molar refractivity (Wildman–Crippen MR) is 141 cm³/mol. The molecule has 10 heteroatoms. The van der Waals surface area contributed by atoms with Crippen LogP contribution in [0.4, 0.5) is 11.5 Å². The molecule has 1 heterocycles. The van der Waals surface area contributed by atoms with Gasteiger partial charge in [0.05, 0.1) is 5.69 Å². The van der Waals surface area contributed by atoms with Crippen LogP contribution < -0.4 is 27.7 Å². The van der Waals surface area contributed by atoms with E-state index in [4.69, 9.17) is 28.5 Å². The predicted octanol–water partition coefficient (Wildman–Crippen LogP) is 3.35. The monoisotopic (exact) mass is 495 g/mol. The second kappa shape index (κ2) is 11.5. The lowest BCUT2D eigenvalue weighted by Crippen LogP contribution is -2.35. The zero-order valence-electron chi connectivity index (χ0n) is 19.8. The Morgan fingerprint density at radius 1 is 1.17 bits per heavy atom. The summed E-state index contributed by atoms with van der Waals surface area (Å²) in [6, 6.07) is 13.9. The molecule has 184 valence electrons. The van der Waals surface area contributed by atoms with Crippen LogP contribution in [-0.4, -0.2) is 27.3 Å². The van der Waals surface area contributed by atoms with Gasteiger partial charge in [-0.1, -0.05) is 61.8 Å². The normalized spacial score (nSPS) is 10.9. The molecule has 7 N–H and O–H groups in total. The molecule has 9 nitrogen and oxygen atoms in total. The Balaban J connectivity index is 1.92. The molecule has 2 aromatic carbocycles. The van der Waals surface area contributed by atoms with E-state index in [1.165, 1.54) is 4.57 Å². The van der Waals surface area contributed by atoms with Crippen molar-refractivity contribution in [2.24, 2.45) is 5.73 Å². The molecule has 0 radical (unpaired) electrons. The minimum absolute atomic E-state index is 0.0265. The highest BCUT2D eigenvalue weighted by Crippen LogP contribution is 2.28. The van der Waals surface area contributed by atoms with Crippen molar-refractivity contribution >= 4 is 34.8 Å². The van der Waals surface area contributed by atoms with Crippen LogP contribution in [0.1, 0.15) is 37.8 Å². The van der Waals surface area contributed by atoms with Crippen molar-refractivity contribution in [3.63, 3.8) is 0 Å². The van der Waals surface area contributed by atoms with Crippen molar-refractivity contribution < 1.29 is 4.79 Å². The molecule has 1 aromatic heterocycles. The third-order valence-corrected chi connectivity index (χ3v) is 5.93. The Morgan fingerprint density at radius 2 is 1.86 bits per heavy atom. The van der Waals surface area contributed by atoms with Gasteiger partial charge >= 0.3 is 0 Å². The smallest absolute Gasteiger partial charge is 0.294 e. The van der Waals surface area contributed by atoms with E-state index in [0.717, 1.165) is 18.4 Å². The maximum Gasteiger partial charge on any atom is 0.294 e. The number of anilines is 2. The maximum atomic E-state index is 13.4. The van der Waals surface area contributed by atoms with E-state index >= 15 is 0 Å². The average molecular weight is 496 g/mol. The lowest BCUT2D eigenvalue weighted by Gasteiger charge is -2.19. The molecule has 1 amide bonds. The van der Waals surface area contributed by atoms with Gasteiger partial charge in [0.1, 0.15) is 12.4 Å². The first-order chi connectivity index (χ1) is 16.7. The van der Waals surface area contributed by atoms with Crippen LogP contribution >= 0.6 is 11.6 Å². The third kappa shape index (κ3) is 6.39. The number of hydrogen-bond donors (Lipinski definition) is 5. The van der Waals surface area contributed by atoms with E-state index in [9.17, 15) is 9.59 Å². The number of benzene rings is 2. The van der Waals surface area contributed by atoms with Crippen molar-refractivity contribution in [3.8, 4) is 11.3 Å². The molecule has 0 aliphatic carbocycles. The van der Waals surface area contributed by atoms with Crippen LogP contribution in [0, 0.1) is 5.41 Å². The van der Waals surface area contributed by atoms with Crippen LogP contribution in [0.15, 0.2) is 53.3 Å². The van der Waals surface area contributed by atoms with E-state index in [2.05, 4.69) is 15.6 Å². The van der Waals surface area contributed by atoms with E-state index in [1.807, 2.05) is 13.8 Å². The van der Waals surface area contributed by atoms with E-state index in [1.54, 1.807) is 48.5 Å². The second-order valence-corrected chi connectivity index (χ2v) is 8.52. The van der Waals surface area contributed by atoms with Gasteiger partial charge < -0.3 is 22.1 Å². The molecule has 0 saturated carbocycles. The van der Waals surface area contributed by atoms with Crippen molar-refractivity contribution in [1.29, 1.82) is 5.41 Å². The molecular weight excluding hydrogens is 466 g/mol. The van der Waals surface area contributed by atoms with Gasteiger partial charge in [0.2, 0.25) is 5.91 Å². The molecular formula is C25H30ClN7O2. The van der Waals surface area contributed by atoms with Gasteiger partial charge in [0.25, 0.3) is 5.56 Å². The summed E-state index contributed by atoms with van der Waals surface area (Å²) in [5.41, 5.74) is 13.8. The van der Waals surface area contributed by atoms with Gasteiger partial charge in [0, 0.05) is 29.4 Å². The molecule has 0 unspecified atom stereocenters. The fourth-order valence-corrected chi connectivity index (χ4v) is 3.93. The van der Waals surface area contributed by atoms with Gasteiger partial charge in [0.15, 0.2) is 11.0 Å². The number of amides is 1. The number of halogens is 1. The summed E-state index contributed by atoms with van der Waals surface area (Å²) in [5, 5.41) is 13.5. The van der Waals surface area contributed by atoms with Gasteiger partial charge in [-0.2, -0.15) is 0 Å². The zero-order chi connectivity index (χ0) is 25.5. The molecule has 0 bridgehead atoms. The molecule has 0 aliphatic heterocycles. The molecule has 0 spiro atoms. The first kappa shape index (κ1) is 25.8. The summed E-state index contributed by atoms with van der Waals surface area (Å²) in [7, 11) is 0. The Hall–Kier alpha value is -3.85. The van der Waals surface area contributed by atoms with Crippen LogP contribution in [0.5, 0.6) is 0 Å². The molecule has 0 atom stereocenters. The molecule has 35 heavy (non-hydrogen) atoms. The number of hydrogen-bond acceptors (Lipinski definition) is 6. The summed E-state index contributed by atoms with van der Waals surface area (Å²) >= 11 is 6.55. The first-order valence-electron chi connectivity index (χ1n) is 11.4. The summed E-state index contributed by atoms with van der Waals surface area (Å²) in [5.74, 6) is -0.297. The molecule has 3 rings (SSSR count). The average Bonchev–Trinajstić information content (AvgIpc) is 2.84. The highest BCUT2D eigenvalue weighted by atomic mass is 35.5. The minimum atomic E-state index is -0.445. The van der Waals surface area contributed by atoms with Crippen LogP contribution in [-0.2, 0) is 17.9 Å². The number of carbonyl (C=O) groups excluding carboxylic acids is 1. The topological polar surface area (TPSA) is 152 Å². The van der Waals surface area contributed by atoms with Crippen molar-refractivity contribution in [2.75, 3.05) is 11.1 Å². The molecule has 0 saturated heterocycles. The van der Waals surface area contributed by atoms with Crippen LogP contribution in [0.2, 0.25) is 5.15 Å². The number of nitrogens with one attached hydrogen (secondary N) is 3. The number of carbonyl (C=O) groups is 1. The quantitative estimate of drug-likeness (QED) is 0.165. The number of amidine groups is 1. The number of nitrogens with zero attached hydrogens (tertiary/aromatic N) is 2.